The van der Waals surface area contributed by atoms with E-state index in [1.807, 2.05) is 17.0 Å². The predicted octanol–water partition coefficient (Wildman–Crippen LogP) is 1.53. The van der Waals surface area contributed by atoms with Crippen molar-refractivity contribution in [2.75, 3.05) is 27.3 Å². The van der Waals surface area contributed by atoms with Crippen LogP contribution in [0.1, 0.15) is 17.5 Å². The zero-order valence-corrected chi connectivity index (χ0v) is 14.7. The molecule has 1 fully saturated rings. The summed E-state index contributed by atoms with van der Waals surface area (Å²) in [7, 11) is 3.22. The summed E-state index contributed by atoms with van der Waals surface area (Å²) in [6.07, 6.45) is 3.05. The molecule has 3 rings (SSSR count). The molecule has 2 aliphatic rings. The third kappa shape index (κ3) is 3.48. The summed E-state index contributed by atoms with van der Waals surface area (Å²) in [5, 5.41) is 2.77. The van der Waals surface area contributed by atoms with Gasteiger partial charge in [0.1, 0.15) is 0 Å². The summed E-state index contributed by atoms with van der Waals surface area (Å²) in [5.74, 6) is 1.01. The van der Waals surface area contributed by atoms with Crippen molar-refractivity contribution in [3.8, 4) is 11.5 Å². The van der Waals surface area contributed by atoms with Crippen LogP contribution in [-0.4, -0.2) is 44.0 Å². The van der Waals surface area contributed by atoms with Gasteiger partial charge in [0.25, 0.3) is 0 Å². The van der Waals surface area contributed by atoms with Crippen molar-refractivity contribution in [2.45, 2.75) is 19.4 Å². The Bertz CT molecular complexity index is 701. The predicted molar refractivity (Wildman–Crippen MR) is 93.5 cm³/mol. The molecule has 1 N–H and O–H groups in total. The Morgan fingerprint density at radius 1 is 1.24 bits per heavy atom. The van der Waals surface area contributed by atoms with Gasteiger partial charge in [-0.1, -0.05) is 6.08 Å². The molecule has 0 radical (unpaired) electrons. The number of ether oxygens (including phenoxy) is 2. The zero-order chi connectivity index (χ0) is 18.0. The van der Waals surface area contributed by atoms with Gasteiger partial charge in [0.15, 0.2) is 11.5 Å². The number of methoxy groups -OCH3 is 2. The van der Waals surface area contributed by atoms with Gasteiger partial charge in [0, 0.05) is 19.6 Å². The Kier molecular flexibility index (Phi) is 4.97. The lowest BCUT2D eigenvalue weighted by molar-refractivity contribution is -0.135. The molecule has 25 heavy (non-hydrogen) atoms. The number of benzene rings is 1. The van der Waals surface area contributed by atoms with E-state index < -0.39 is 0 Å². The van der Waals surface area contributed by atoms with Crippen molar-refractivity contribution in [1.82, 2.24) is 10.2 Å². The molecule has 2 unspecified atom stereocenters. The van der Waals surface area contributed by atoms with Crippen LogP contribution < -0.4 is 14.8 Å². The molecule has 6 nitrogen and oxygen atoms in total. The lowest BCUT2D eigenvalue weighted by Crippen LogP contribution is -2.38. The Balaban J connectivity index is 1.66. The smallest absolute Gasteiger partial charge is 0.226 e. The van der Waals surface area contributed by atoms with Gasteiger partial charge in [-0.15, -0.1) is 6.58 Å². The van der Waals surface area contributed by atoms with Gasteiger partial charge in [-0.25, -0.2) is 0 Å². The maximum Gasteiger partial charge on any atom is 0.226 e. The molecule has 6 heteroatoms. The molecule has 1 aromatic rings. The minimum atomic E-state index is -0.195. The molecule has 1 aliphatic heterocycles. The first-order chi connectivity index (χ1) is 12.1. The van der Waals surface area contributed by atoms with Crippen molar-refractivity contribution in [3.63, 3.8) is 0 Å². The maximum atomic E-state index is 12.7. The van der Waals surface area contributed by atoms with Gasteiger partial charge < -0.3 is 19.7 Å². The van der Waals surface area contributed by atoms with E-state index in [-0.39, 0.29) is 23.7 Å². The summed E-state index contributed by atoms with van der Waals surface area (Å²) in [5.41, 5.74) is 2.25. The molecular formula is C19H24N2O4. The molecule has 134 valence electrons. The summed E-state index contributed by atoms with van der Waals surface area (Å²) in [4.78, 5) is 26.5. The second-order valence-electron chi connectivity index (χ2n) is 6.47. The van der Waals surface area contributed by atoms with E-state index in [0.717, 1.165) is 12.0 Å². The van der Waals surface area contributed by atoms with E-state index in [9.17, 15) is 9.59 Å². The second kappa shape index (κ2) is 7.17. The second-order valence-corrected chi connectivity index (χ2v) is 6.47. The van der Waals surface area contributed by atoms with E-state index in [0.29, 0.717) is 37.6 Å². The molecular weight excluding hydrogens is 320 g/mol. The van der Waals surface area contributed by atoms with Crippen LogP contribution >= 0.6 is 0 Å². The van der Waals surface area contributed by atoms with E-state index in [1.54, 1.807) is 20.3 Å². The van der Waals surface area contributed by atoms with Gasteiger partial charge in [-0.2, -0.15) is 0 Å². The standard InChI is InChI=1S/C19H24N2O4/c1-4-6-20-18(22)14-10-15(14)19(23)21-7-5-12-8-16(24-2)17(25-3)9-13(12)11-21/h4,8-9,14-15H,1,5-7,10-11H2,2-3H3,(H,20,22). The highest BCUT2D eigenvalue weighted by atomic mass is 16.5. The molecule has 2 atom stereocenters. The average Bonchev–Trinajstić information content (AvgIpc) is 3.44. The number of fused-ring (bicyclic) bond motifs is 1. The average molecular weight is 344 g/mol. The number of carbonyl (C=O) groups excluding carboxylic acids is 2. The van der Waals surface area contributed by atoms with Crippen LogP contribution in [0.15, 0.2) is 24.8 Å². The normalized spacial score (nSPS) is 21.1. The van der Waals surface area contributed by atoms with Gasteiger partial charge in [0.2, 0.25) is 11.8 Å². The molecule has 0 aromatic heterocycles. The van der Waals surface area contributed by atoms with Gasteiger partial charge in [-0.3, -0.25) is 9.59 Å². The van der Waals surface area contributed by atoms with Crippen molar-refractivity contribution < 1.29 is 19.1 Å². The molecule has 1 heterocycles. The number of carbonyl (C=O) groups is 2. The van der Waals surface area contributed by atoms with Crippen LogP contribution in [0.4, 0.5) is 0 Å². The molecule has 0 saturated heterocycles. The van der Waals surface area contributed by atoms with Gasteiger partial charge in [-0.05, 0) is 36.1 Å². The van der Waals surface area contributed by atoms with Crippen molar-refractivity contribution in [2.24, 2.45) is 11.8 Å². The first-order valence-electron chi connectivity index (χ1n) is 8.50. The summed E-state index contributed by atoms with van der Waals surface area (Å²) in [6.45, 7) is 5.23. The Morgan fingerprint density at radius 3 is 2.56 bits per heavy atom. The van der Waals surface area contributed by atoms with Crippen LogP contribution in [-0.2, 0) is 22.6 Å². The third-order valence-corrected chi connectivity index (χ3v) is 4.89. The van der Waals surface area contributed by atoms with Gasteiger partial charge in [0.05, 0.1) is 26.1 Å². The summed E-state index contributed by atoms with van der Waals surface area (Å²) < 4.78 is 10.7. The van der Waals surface area contributed by atoms with Crippen LogP contribution in [0.2, 0.25) is 0 Å². The monoisotopic (exact) mass is 344 g/mol. The fourth-order valence-electron chi connectivity index (χ4n) is 3.37. The number of nitrogens with zero attached hydrogens (tertiary/aromatic N) is 1. The molecule has 2 amide bonds. The molecule has 1 aliphatic carbocycles. The SMILES string of the molecule is C=CCNC(=O)C1CC1C(=O)N1CCc2cc(OC)c(OC)cc2C1. The van der Waals surface area contributed by atoms with E-state index in [2.05, 4.69) is 11.9 Å². The number of amides is 2. The van der Waals surface area contributed by atoms with Crippen LogP contribution in [0, 0.1) is 11.8 Å². The topological polar surface area (TPSA) is 67.9 Å². The quantitative estimate of drug-likeness (QED) is 0.795. The Labute approximate surface area is 147 Å². The van der Waals surface area contributed by atoms with Crippen molar-refractivity contribution >= 4 is 11.8 Å². The van der Waals surface area contributed by atoms with Crippen molar-refractivity contribution in [1.29, 1.82) is 0 Å². The highest BCUT2D eigenvalue weighted by Gasteiger charge is 2.49. The molecule has 1 saturated carbocycles. The number of hydrogen-bond acceptors (Lipinski definition) is 4. The minimum Gasteiger partial charge on any atom is -0.493 e. The number of rotatable bonds is 6. The van der Waals surface area contributed by atoms with Crippen LogP contribution in [0.25, 0.3) is 0 Å². The number of hydrogen-bond donors (Lipinski definition) is 1. The largest absolute Gasteiger partial charge is 0.493 e. The summed E-state index contributed by atoms with van der Waals surface area (Å²) in [6, 6.07) is 3.92. The molecule has 1 aromatic carbocycles. The Morgan fingerprint density at radius 2 is 1.92 bits per heavy atom. The highest BCUT2D eigenvalue weighted by molar-refractivity contribution is 5.92. The fourth-order valence-corrected chi connectivity index (χ4v) is 3.37. The zero-order valence-electron chi connectivity index (χ0n) is 14.7. The van der Waals surface area contributed by atoms with Crippen LogP contribution in [0.5, 0.6) is 11.5 Å². The summed E-state index contributed by atoms with van der Waals surface area (Å²) >= 11 is 0. The number of nitrogens with one attached hydrogen (secondary N) is 1. The molecule has 0 bridgehead atoms. The third-order valence-electron chi connectivity index (χ3n) is 4.89. The van der Waals surface area contributed by atoms with Crippen molar-refractivity contribution in [3.05, 3.63) is 35.9 Å². The first kappa shape index (κ1) is 17.3. The lowest BCUT2D eigenvalue weighted by atomic mass is 9.98. The molecule has 0 spiro atoms. The Hall–Kier alpha value is -2.50. The maximum absolute atomic E-state index is 12.7. The van der Waals surface area contributed by atoms with Gasteiger partial charge >= 0.3 is 0 Å². The first-order valence-corrected chi connectivity index (χ1v) is 8.50. The van der Waals surface area contributed by atoms with Crippen LogP contribution in [0.3, 0.4) is 0 Å². The highest BCUT2D eigenvalue weighted by Crippen LogP contribution is 2.41. The lowest BCUT2D eigenvalue weighted by Gasteiger charge is -2.30. The van der Waals surface area contributed by atoms with E-state index in [1.165, 1.54) is 5.56 Å². The van der Waals surface area contributed by atoms with E-state index >= 15 is 0 Å². The van der Waals surface area contributed by atoms with E-state index in [4.69, 9.17) is 9.47 Å². The minimum absolute atomic E-state index is 0.0536. The fraction of sp³-hybridized carbons (Fsp3) is 0.474.